The summed E-state index contributed by atoms with van der Waals surface area (Å²) in [4.78, 5) is 15.4. The standard InChI is InChI=1S/C61H39N3O/c1-3-14-40-34-49(28-26-38(40)12-1)60-62-59(63-61(64-60)50-29-27-39-13-2-4-15-41(39)35-50)48-21-11-20-46(36-48)44-18-9-16-42(32-44)43-17-10-19-45(33-43)47-30-31-55-56(37-47)65-58-54-25-8-6-23-52(54)51-22-5-7-24-53(51)57(55)58/h1-9,11-16,18-37H,10,17H2. The van der Waals surface area contributed by atoms with Gasteiger partial charge in [-0.2, -0.15) is 0 Å². The zero-order valence-corrected chi connectivity index (χ0v) is 35.4. The summed E-state index contributed by atoms with van der Waals surface area (Å²) < 4.78 is 6.75. The number of fused-ring (bicyclic) bond motifs is 10. The summed E-state index contributed by atoms with van der Waals surface area (Å²) >= 11 is 0. The molecule has 1 aliphatic carbocycles. The van der Waals surface area contributed by atoms with Crippen molar-refractivity contribution in [2.24, 2.45) is 0 Å². The predicted octanol–water partition coefficient (Wildman–Crippen LogP) is 16.3. The van der Waals surface area contributed by atoms with Crippen molar-refractivity contribution >= 4 is 76.2 Å². The summed E-state index contributed by atoms with van der Waals surface area (Å²) in [5.41, 5.74) is 11.9. The van der Waals surface area contributed by atoms with Crippen LogP contribution in [0.25, 0.3) is 121 Å². The molecule has 2 heterocycles. The van der Waals surface area contributed by atoms with Crippen molar-refractivity contribution in [1.29, 1.82) is 0 Å². The van der Waals surface area contributed by atoms with Crippen LogP contribution in [0.2, 0.25) is 0 Å². The summed E-state index contributed by atoms with van der Waals surface area (Å²) in [6.45, 7) is 0. The Kier molecular flexibility index (Phi) is 8.63. The molecule has 0 unspecified atom stereocenters. The van der Waals surface area contributed by atoms with Crippen LogP contribution in [0.3, 0.4) is 0 Å². The predicted molar refractivity (Wildman–Crippen MR) is 271 cm³/mol. The molecular formula is C61H39N3O. The Bertz CT molecular complexity index is 3870. The van der Waals surface area contributed by atoms with Crippen LogP contribution in [0.1, 0.15) is 24.0 Å². The third-order valence-corrected chi connectivity index (χ3v) is 13.1. The van der Waals surface area contributed by atoms with Crippen LogP contribution >= 0.6 is 0 Å². The Morgan fingerprint density at radius 3 is 1.52 bits per heavy atom. The second kappa shape index (κ2) is 15.1. The molecular weight excluding hydrogens is 791 g/mol. The fraction of sp³-hybridized carbons (Fsp3) is 0.0328. The first kappa shape index (κ1) is 37.1. The average Bonchev–Trinajstić information content (AvgIpc) is 3.78. The molecule has 2 aromatic heterocycles. The highest BCUT2D eigenvalue weighted by Gasteiger charge is 2.19. The van der Waals surface area contributed by atoms with Crippen molar-refractivity contribution < 1.29 is 4.42 Å². The van der Waals surface area contributed by atoms with Gasteiger partial charge in [0, 0.05) is 32.8 Å². The van der Waals surface area contributed by atoms with E-state index in [1.54, 1.807) is 0 Å². The highest BCUT2D eigenvalue weighted by molar-refractivity contribution is 6.30. The molecule has 0 atom stereocenters. The van der Waals surface area contributed by atoms with Gasteiger partial charge in [0.2, 0.25) is 0 Å². The maximum atomic E-state index is 6.75. The van der Waals surface area contributed by atoms with Crippen molar-refractivity contribution in [3.63, 3.8) is 0 Å². The Labute approximate surface area is 375 Å². The van der Waals surface area contributed by atoms with Gasteiger partial charge in [0.05, 0.1) is 0 Å². The monoisotopic (exact) mass is 829 g/mol. The largest absolute Gasteiger partial charge is 0.455 e. The molecule has 4 nitrogen and oxygen atoms in total. The zero-order chi connectivity index (χ0) is 42.8. The minimum absolute atomic E-state index is 0.636. The molecule has 0 spiro atoms. The fourth-order valence-corrected chi connectivity index (χ4v) is 9.87. The Balaban J connectivity index is 0.856. The number of hydrogen-bond acceptors (Lipinski definition) is 4. The molecule has 1 aliphatic rings. The average molecular weight is 830 g/mol. The number of benzene rings is 10. The lowest BCUT2D eigenvalue weighted by Gasteiger charge is -2.16. The molecule has 4 heteroatoms. The molecule has 0 bridgehead atoms. The molecule has 0 amide bonds. The number of rotatable bonds is 6. The van der Waals surface area contributed by atoms with E-state index >= 15 is 0 Å². The number of furan rings is 1. The molecule has 0 saturated carbocycles. The molecule has 0 N–H and O–H groups in total. The second-order valence-electron chi connectivity index (χ2n) is 17.1. The van der Waals surface area contributed by atoms with E-state index in [2.05, 4.69) is 212 Å². The van der Waals surface area contributed by atoms with Crippen molar-refractivity contribution in [1.82, 2.24) is 15.0 Å². The van der Waals surface area contributed by atoms with Crippen LogP contribution in [0.4, 0.5) is 0 Å². The number of allylic oxidation sites excluding steroid dienone is 4. The van der Waals surface area contributed by atoms with E-state index in [0.29, 0.717) is 17.5 Å². The first-order valence-corrected chi connectivity index (χ1v) is 22.3. The van der Waals surface area contributed by atoms with E-state index in [1.807, 2.05) is 0 Å². The zero-order valence-electron chi connectivity index (χ0n) is 35.4. The summed E-state index contributed by atoms with van der Waals surface area (Å²) in [6, 6.07) is 71.1. The molecule has 0 radical (unpaired) electrons. The van der Waals surface area contributed by atoms with Crippen LogP contribution in [-0.4, -0.2) is 15.0 Å². The number of hydrogen-bond donors (Lipinski definition) is 0. The molecule has 10 aromatic carbocycles. The van der Waals surface area contributed by atoms with Gasteiger partial charge in [-0.15, -0.1) is 0 Å². The smallest absolute Gasteiger partial charge is 0.164 e. The summed E-state index contributed by atoms with van der Waals surface area (Å²) in [6.07, 6.45) is 6.66. The lowest BCUT2D eigenvalue weighted by Crippen LogP contribution is -2.00. The molecule has 304 valence electrons. The molecule has 0 aliphatic heterocycles. The van der Waals surface area contributed by atoms with E-state index < -0.39 is 0 Å². The Morgan fingerprint density at radius 1 is 0.354 bits per heavy atom. The third kappa shape index (κ3) is 6.49. The quantitative estimate of drug-likeness (QED) is 0.157. The first-order valence-electron chi connectivity index (χ1n) is 22.3. The van der Waals surface area contributed by atoms with Gasteiger partial charge in [-0.05, 0) is 120 Å². The highest BCUT2D eigenvalue weighted by atomic mass is 16.3. The topological polar surface area (TPSA) is 51.8 Å². The van der Waals surface area contributed by atoms with E-state index in [0.717, 1.165) is 78.9 Å². The van der Waals surface area contributed by atoms with Crippen LogP contribution in [0.5, 0.6) is 0 Å². The van der Waals surface area contributed by atoms with Gasteiger partial charge in [-0.25, -0.2) is 15.0 Å². The molecule has 0 saturated heterocycles. The first-order chi connectivity index (χ1) is 32.2. The minimum atomic E-state index is 0.636. The van der Waals surface area contributed by atoms with Crippen molar-refractivity contribution in [2.75, 3.05) is 0 Å². The lowest BCUT2D eigenvalue weighted by atomic mass is 9.89. The normalized spacial score (nSPS) is 13.0. The maximum absolute atomic E-state index is 6.75. The lowest BCUT2D eigenvalue weighted by molar-refractivity contribution is 0.672. The minimum Gasteiger partial charge on any atom is -0.455 e. The van der Waals surface area contributed by atoms with Gasteiger partial charge in [-0.1, -0.05) is 176 Å². The van der Waals surface area contributed by atoms with Gasteiger partial charge < -0.3 is 4.42 Å². The van der Waals surface area contributed by atoms with Crippen LogP contribution < -0.4 is 0 Å². The van der Waals surface area contributed by atoms with Crippen LogP contribution in [0, 0.1) is 0 Å². The molecule has 0 fully saturated rings. The van der Waals surface area contributed by atoms with Gasteiger partial charge in [0.25, 0.3) is 0 Å². The molecule has 65 heavy (non-hydrogen) atoms. The van der Waals surface area contributed by atoms with E-state index in [4.69, 9.17) is 19.4 Å². The van der Waals surface area contributed by atoms with Crippen molar-refractivity contribution in [3.05, 3.63) is 223 Å². The van der Waals surface area contributed by atoms with Crippen LogP contribution in [-0.2, 0) is 0 Å². The maximum Gasteiger partial charge on any atom is 0.164 e. The van der Waals surface area contributed by atoms with Gasteiger partial charge in [-0.3, -0.25) is 0 Å². The Morgan fingerprint density at radius 2 is 0.862 bits per heavy atom. The summed E-state index contributed by atoms with van der Waals surface area (Å²) in [5.74, 6) is 1.92. The Hall–Kier alpha value is -8.47. The van der Waals surface area contributed by atoms with Gasteiger partial charge in [0.1, 0.15) is 11.2 Å². The van der Waals surface area contributed by atoms with Gasteiger partial charge >= 0.3 is 0 Å². The van der Waals surface area contributed by atoms with Crippen LogP contribution in [0.15, 0.2) is 217 Å². The summed E-state index contributed by atoms with van der Waals surface area (Å²) in [7, 11) is 0. The van der Waals surface area contributed by atoms with Gasteiger partial charge in [0.15, 0.2) is 17.5 Å². The second-order valence-corrected chi connectivity index (χ2v) is 17.1. The van der Waals surface area contributed by atoms with E-state index in [-0.39, 0.29) is 0 Å². The number of nitrogens with zero attached hydrogens (tertiary/aromatic N) is 3. The van der Waals surface area contributed by atoms with Crippen molar-refractivity contribution in [2.45, 2.75) is 12.8 Å². The highest BCUT2D eigenvalue weighted by Crippen LogP contribution is 2.42. The third-order valence-electron chi connectivity index (χ3n) is 13.1. The van der Waals surface area contributed by atoms with Crippen molar-refractivity contribution in [3.8, 4) is 45.3 Å². The van der Waals surface area contributed by atoms with E-state index in [1.165, 1.54) is 49.0 Å². The fourth-order valence-electron chi connectivity index (χ4n) is 9.87. The number of aromatic nitrogens is 3. The molecule has 13 rings (SSSR count). The SMILES string of the molecule is C1=C(c2ccc3c(c2)oc2c4ccccc4c4ccccc4c32)C=C(c2cccc(-c3cccc(-c4nc(-c5ccc6ccccc6c5)nc(-c5ccc6ccccc6c5)n4)c3)c2)CC1. The summed E-state index contributed by atoms with van der Waals surface area (Å²) in [5, 5.41) is 11.8. The van der Waals surface area contributed by atoms with E-state index in [9.17, 15) is 0 Å². The molecule has 12 aromatic rings.